The van der Waals surface area contributed by atoms with Crippen molar-refractivity contribution in [2.75, 3.05) is 0 Å². The number of non-ortho nitro benzene ring substituents is 1. The third-order valence-corrected chi connectivity index (χ3v) is 4.91. The minimum atomic E-state index is -0.481. The lowest BCUT2D eigenvalue weighted by molar-refractivity contribution is -0.384. The Morgan fingerprint density at radius 2 is 1.83 bits per heavy atom. The summed E-state index contributed by atoms with van der Waals surface area (Å²) in [6.45, 7) is -0.121. The van der Waals surface area contributed by atoms with E-state index in [2.05, 4.69) is 22.3 Å². The molecule has 0 N–H and O–H groups in total. The fraction of sp³-hybridized carbons (Fsp3) is 0.286. The Morgan fingerprint density at radius 1 is 1.07 bits per heavy atom. The van der Waals surface area contributed by atoms with Crippen molar-refractivity contribution in [3.8, 4) is 11.5 Å². The Kier molecular flexibility index (Phi) is 5.33. The molecular weight excluding hydrogens is 374 g/mol. The van der Waals surface area contributed by atoms with Crippen LogP contribution in [0, 0.1) is 10.1 Å². The van der Waals surface area contributed by atoms with Gasteiger partial charge in [0.15, 0.2) is 6.61 Å². The summed E-state index contributed by atoms with van der Waals surface area (Å²) in [5.74, 6) is 0.00798. The van der Waals surface area contributed by atoms with Crippen molar-refractivity contribution < 1.29 is 18.9 Å². The molecule has 1 aliphatic rings. The van der Waals surface area contributed by atoms with Crippen molar-refractivity contribution in [3.63, 3.8) is 0 Å². The summed E-state index contributed by atoms with van der Waals surface area (Å²) >= 11 is 0. The van der Waals surface area contributed by atoms with Gasteiger partial charge in [-0.3, -0.25) is 14.9 Å². The highest BCUT2D eigenvalue weighted by atomic mass is 16.6. The molecule has 0 aliphatic heterocycles. The van der Waals surface area contributed by atoms with E-state index < -0.39 is 4.92 Å². The van der Waals surface area contributed by atoms with Crippen molar-refractivity contribution in [1.29, 1.82) is 0 Å². The van der Waals surface area contributed by atoms with E-state index in [0.717, 1.165) is 18.4 Å². The molecule has 0 radical (unpaired) electrons. The average molecular weight is 393 g/mol. The number of nitro groups is 1. The van der Waals surface area contributed by atoms with Crippen molar-refractivity contribution in [2.24, 2.45) is 0 Å². The van der Waals surface area contributed by atoms with E-state index in [4.69, 9.17) is 9.15 Å². The van der Waals surface area contributed by atoms with Crippen LogP contribution in [0.1, 0.15) is 35.4 Å². The van der Waals surface area contributed by atoms with Crippen molar-refractivity contribution >= 4 is 11.7 Å². The number of ether oxygens (including phenoxy) is 1. The van der Waals surface area contributed by atoms with Crippen LogP contribution in [0.2, 0.25) is 0 Å². The van der Waals surface area contributed by atoms with E-state index >= 15 is 0 Å². The second-order valence-electron chi connectivity index (χ2n) is 6.95. The largest absolute Gasteiger partial charge is 0.455 e. The highest BCUT2D eigenvalue weighted by Gasteiger charge is 2.14. The van der Waals surface area contributed by atoms with Crippen LogP contribution in [0.4, 0.5) is 5.69 Å². The van der Waals surface area contributed by atoms with Gasteiger partial charge in [0.1, 0.15) is 0 Å². The van der Waals surface area contributed by atoms with E-state index in [-0.39, 0.29) is 36.5 Å². The van der Waals surface area contributed by atoms with Gasteiger partial charge in [-0.25, -0.2) is 0 Å². The van der Waals surface area contributed by atoms with Crippen molar-refractivity contribution in [1.82, 2.24) is 10.2 Å². The summed E-state index contributed by atoms with van der Waals surface area (Å²) in [6.07, 6.45) is 4.77. The maximum atomic E-state index is 12.2. The van der Waals surface area contributed by atoms with E-state index in [0.29, 0.717) is 5.56 Å². The number of benzene rings is 2. The first kappa shape index (κ1) is 18.8. The SMILES string of the molecule is O=C(Cc1ccc2c(c1)CCCC2)OCc1nnc(-c2ccc([N+](=O)[O-])cc2)o1. The molecule has 0 fully saturated rings. The van der Waals surface area contributed by atoms with Gasteiger partial charge in [-0.15, -0.1) is 10.2 Å². The third kappa shape index (κ3) is 4.48. The van der Waals surface area contributed by atoms with Gasteiger partial charge < -0.3 is 9.15 Å². The molecule has 148 valence electrons. The summed E-state index contributed by atoms with van der Waals surface area (Å²) in [7, 11) is 0. The number of fused-ring (bicyclic) bond motifs is 1. The van der Waals surface area contributed by atoms with Gasteiger partial charge in [-0.2, -0.15) is 0 Å². The van der Waals surface area contributed by atoms with Crippen LogP contribution < -0.4 is 0 Å². The number of esters is 1. The van der Waals surface area contributed by atoms with E-state index in [9.17, 15) is 14.9 Å². The highest BCUT2D eigenvalue weighted by molar-refractivity contribution is 5.72. The minimum absolute atomic E-state index is 0.0235. The zero-order valence-corrected chi connectivity index (χ0v) is 15.7. The first-order chi connectivity index (χ1) is 14.1. The Bertz CT molecular complexity index is 1040. The van der Waals surface area contributed by atoms with Gasteiger partial charge in [0.2, 0.25) is 5.89 Å². The Morgan fingerprint density at radius 3 is 2.59 bits per heavy atom. The summed E-state index contributed by atoms with van der Waals surface area (Å²) in [5, 5.41) is 18.5. The Balaban J connectivity index is 1.33. The third-order valence-electron chi connectivity index (χ3n) is 4.91. The smallest absolute Gasteiger partial charge is 0.310 e. The number of nitro benzene ring substituents is 1. The molecule has 3 aromatic rings. The fourth-order valence-electron chi connectivity index (χ4n) is 3.41. The number of aryl methyl sites for hydroxylation is 2. The Hall–Kier alpha value is -3.55. The zero-order valence-electron chi connectivity index (χ0n) is 15.7. The van der Waals surface area contributed by atoms with Gasteiger partial charge in [0.25, 0.3) is 11.6 Å². The molecule has 0 saturated heterocycles. The van der Waals surface area contributed by atoms with Crippen LogP contribution in [0.25, 0.3) is 11.5 Å². The highest BCUT2D eigenvalue weighted by Crippen LogP contribution is 2.23. The maximum Gasteiger partial charge on any atom is 0.310 e. The van der Waals surface area contributed by atoms with E-state index in [1.165, 1.54) is 48.2 Å². The van der Waals surface area contributed by atoms with Crippen LogP contribution in [0.5, 0.6) is 0 Å². The topological polar surface area (TPSA) is 108 Å². The van der Waals surface area contributed by atoms with Crippen LogP contribution in [0.15, 0.2) is 46.9 Å². The molecule has 0 unspecified atom stereocenters. The van der Waals surface area contributed by atoms with Crippen molar-refractivity contribution in [3.05, 3.63) is 75.2 Å². The monoisotopic (exact) mass is 393 g/mol. The molecule has 8 heteroatoms. The average Bonchev–Trinajstić information content (AvgIpc) is 3.21. The van der Waals surface area contributed by atoms with Gasteiger partial charge in [0.05, 0.1) is 11.3 Å². The fourth-order valence-corrected chi connectivity index (χ4v) is 3.41. The predicted octanol–water partition coefficient (Wildman–Crippen LogP) is 3.81. The van der Waals surface area contributed by atoms with Crippen LogP contribution >= 0.6 is 0 Å². The van der Waals surface area contributed by atoms with Crippen molar-refractivity contribution in [2.45, 2.75) is 38.7 Å². The summed E-state index contributed by atoms with van der Waals surface area (Å²) in [6, 6.07) is 11.9. The first-order valence-corrected chi connectivity index (χ1v) is 9.42. The molecule has 2 aromatic carbocycles. The normalized spacial score (nSPS) is 13.0. The van der Waals surface area contributed by atoms with E-state index in [1.807, 2.05) is 6.07 Å². The molecule has 0 bridgehead atoms. The quantitative estimate of drug-likeness (QED) is 0.356. The van der Waals surface area contributed by atoms with Gasteiger partial charge in [-0.05, 0) is 54.5 Å². The molecule has 0 saturated carbocycles. The summed E-state index contributed by atoms with van der Waals surface area (Å²) in [4.78, 5) is 22.4. The van der Waals surface area contributed by atoms with Gasteiger partial charge >= 0.3 is 5.97 Å². The number of hydrogen-bond donors (Lipinski definition) is 0. The molecule has 1 aromatic heterocycles. The first-order valence-electron chi connectivity index (χ1n) is 9.42. The molecular formula is C21H19N3O5. The molecule has 29 heavy (non-hydrogen) atoms. The lowest BCUT2D eigenvalue weighted by Gasteiger charge is -2.16. The number of rotatable bonds is 6. The molecule has 0 atom stereocenters. The standard InChI is InChI=1S/C21H19N3O5/c25-20(12-14-5-6-15-3-1-2-4-17(15)11-14)28-13-19-22-23-21(29-19)16-7-9-18(10-8-16)24(26)27/h5-11H,1-4,12-13H2. The number of carbonyl (C=O) groups is 1. The number of nitrogens with zero attached hydrogens (tertiary/aromatic N) is 3. The van der Waals surface area contributed by atoms with Gasteiger partial charge in [-0.1, -0.05) is 18.2 Å². The van der Waals surface area contributed by atoms with Gasteiger partial charge in [0, 0.05) is 17.7 Å². The van der Waals surface area contributed by atoms with Crippen LogP contribution in [-0.4, -0.2) is 21.1 Å². The van der Waals surface area contributed by atoms with E-state index in [1.54, 1.807) is 0 Å². The Labute approximate surface area is 166 Å². The zero-order chi connectivity index (χ0) is 20.2. The van der Waals surface area contributed by atoms with Crippen LogP contribution in [-0.2, 0) is 35.4 Å². The number of hydrogen-bond acceptors (Lipinski definition) is 7. The molecule has 8 nitrogen and oxygen atoms in total. The molecule has 0 spiro atoms. The number of aromatic nitrogens is 2. The minimum Gasteiger partial charge on any atom is -0.455 e. The molecule has 0 amide bonds. The lowest BCUT2D eigenvalue weighted by Crippen LogP contribution is -2.10. The summed E-state index contributed by atoms with van der Waals surface area (Å²) in [5.41, 5.74) is 4.16. The predicted molar refractivity (Wildman–Crippen MR) is 103 cm³/mol. The second-order valence-corrected chi connectivity index (χ2v) is 6.95. The second kappa shape index (κ2) is 8.22. The van der Waals surface area contributed by atoms with Crippen LogP contribution in [0.3, 0.4) is 0 Å². The lowest BCUT2D eigenvalue weighted by atomic mass is 9.90. The molecule has 4 rings (SSSR count). The molecule has 1 heterocycles. The summed E-state index contributed by atoms with van der Waals surface area (Å²) < 4.78 is 10.7. The molecule has 1 aliphatic carbocycles. The number of carbonyl (C=O) groups excluding carboxylic acids is 1. The maximum absolute atomic E-state index is 12.2.